The molecule has 0 unspecified atom stereocenters. The van der Waals surface area contributed by atoms with Crippen molar-refractivity contribution < 1.29 is 19.4 Å². The van der Waals surface area contributed by atoms with Crippen LogP contribution in [-0.4, -0.2) is 40.8 Å². The van der Waals surface area contributed by atoms with Crippen LogP contribution in [0.4, 0.5) is 4.79 Å². The average Bonchev–Trinajstić information content (AvgIpc) is 2.85. The normalized spacial score (nSPS) is 21.3. The van der Waals surface area contributed by atoms with Crippen molar-refractivity contribution in [2.75, 3.05) is 6.61 Å². The number of carbonyl (C=O) groups is 2. The number of aliphatic hydroxyl groups is 1. The zero-order chi connectivity index (χ0) is 16.9. The minimum absolute atomic E-state index is 0.142. The Hall–Kier alpha value is -1.62. The number of amides is 2. The van der Waals surface area contributed by atoms with E-state index in [9.17, 15) is 14.7 Å². The molecule has 1 heterocycles. The van der Waals surface area contributed by atoms with Crippen LogP contribution < -0.4 is 0 Å². The number of ether oxygens (including phenoxy) is 1. The summed E-state index contributed by atoms with van der Waals surface area (Å²) in [6.45, 7) is 9.69. The van der Waals surface area contributed by atoms with Crippen molar-refractivity contribution in [2.45, 2.75) is 59.6 Å². The Kier molecular flexibility index (Phi) is 6.81. The molecule has 0 aromatic rings. The van der Waals surface area contributed by atoms with Gasteiger partial charge in [0.2, 0.25) is 0 Å². The summed E-state index contributed by atoms with van der Waals surface area (Å²) in [5.74, 6) is -0.200. The van der Waals surface area contributed by atoms with Crippen LogP contribution >= 0.6 is 0 Å². The Balaban J connectivity index is 2.77. The molecule has 1 rings (SSSR count). The SMILES string of the molecule is CC/C=C(\C)[C@@H](O)C/C=C(\C)C(=O)N1C(=O)OC[C@@H]1C(C)C. The van der Waals surface area contributed by atoms with Crippen molar-refractivity contribution in [1.29, 1.82) is 0 Å². The molecule has 1 fully saturated rings. The first-order valence-electron chi connectivity index (χ1n) is 7.81. The van der Waals surface area contributed by atoms with Crippen LogP contribution in [0.25, 0.3) is 0 Å². The molecule has 0 saturated carbocycles. The molecule has 2 amide bonds. The van der Waals surface area contributed by atoms with Gasteiger partial charge in [0.1, 0.15) is 6.61 Å². The van der Waals surface area contributed by atoms with Gasteiger partial charge >= 0.3 is 6.09 Å². The molecule has 1 saturated heterocycles. The lowest BCUT2D eigenvalue weighted by Crippen LogP contribution is -2.42. The van der Waals surface area contributed by atoms with Gasteiger partial charge in [-0.05, 0) is 38.2 Å². The van der Waals surface area contributed by atoms with Gasteiger partial charge in [-0.15, -0.1) is 0 Å². The first-order valence-corrected chi connectivity index (χ1v) is 7.81. The lowest BCUT2D eigenvalue weighted by molar-refractivity contribution is -0.125. The van der Waals surface area contributed by atoms with E-state index < -0.39 is 12.2 Å². The Morgan fingerprint density at radius 1 is 1.41 bits per heavy atom. The lowest BCUT2D eigenvalue weighted by atomic mass is 10.0. The highest BCUT2D eigenvalue weighted by Crippen LogP contribution is 2.22. The van der Waals surface area contributed by atoms with Gasteiger partial charge in [0, 0.05) is 5.57 Å². The summed E-state index contributed by atoms with van der Waals surface area (Å²) >= 11 is 0. The predicted molar refractivity (Wildman–Crippen MR) is 85.2 cm³/mol. The van der Waals surface area contributed by atoms with Crippen LogP contribution in [0, 0.1) is 5.92 Å². The molecule has 0 spiro atoms. The molecule has 0 radical (unpaired) electrons. The van der Waals surface area contributed by atoms with Gasteiger partial charge in [-0.1, -0.05) is 32.9 Å². The Morgan fingerprint density at radius 2 is 2.05 bits per heavy atom. The quantitative estimate of drug-likeness (QED) is 0.605. The third-order valence-electron chi connectivity index (χ3n) is 3.93. The largest absolute Gasteiger partial charge is 0.447 e. The Bertz CT molecular complexity index is 479. The number of nitrogens with zero attached hydrogens (tertiary/aromatic N) is 1. The highest BCUT2D eigenvalue weighted by Gasteiger charge is 2.39. The highest BCUT2D eigenvalue weighted by atomic mass is 16.6. The number of carbonyl (C=O) groups excluding carboxylic acids is 2. The van der Waals surface area contributed by atoms with Gasteiger partial charge < -0.3 is 9.84 Å². The fourth-order valence-corrected chi connectivity index (χ4v) is 2.37. The van der Waals surface area contributed by atoms with Crippen LogP contribution in [0.5, 0.6) is 0 Å². The van der Waals surface area contributed by atoms with E-state index in [1.165, 1.54) is 4.90 Å². The zero-order valence-electron chi connectivity index (χ0n) is 14.1. The Labute approximate surface area is 132 Å². The number of cyclic esters (lactones) is 1. The van der Waals surface area contributed by atoms with E-state index in [2.05, 4.69) is 0 Å². The second-order valence-electron chi connectivity index (χ2n) is 6.06. The van der Waals surface area contributed by atoms with Crippen molar-refractivity contribution in [3.8, 4) is 0 Å². The molecule has 0 aromatic carbocycles. The summed E-state index contributed by atoms with van der Waals surface area (Å²) in [6, 6.07) is -0.227. The average molecular weight is 309 g/mol. The number of hydrogen-bond acceptors (Lipinski definition) is 4. The topological polar surface area (TPSA) is 66.8 Å². The molecule has 5 nitrogen and oxygen atoms in total. The van der Waals surface area contributed by atoms with Crippen molar-refractivity contribution >= 4 is 12.0 Å². The maximum atomic E-state index is 12.4. The highest BCUT2D eigenvalue weighted by molar-refractivity contribution is 6.03. The van der Waals surface area contributed by atoms with Crippen molar-refractivity contribution in [3.63, 3.8) is 0 Å². The second kappa shape index (κ2) is 8.13. The van der Waals surface area contributed by atoms with Crippen LogP contribution in [0.15, 0.2) is 23.3 Å². The summed E-state index contributed by atoms with van der Waals surface area (Å²) in [6.07, 6.45) is 3.67. The third-order valence-corrected chi connectivity index (χ3v) is 3.93. The monoisotopic (exact) mass is 309 g/mol. The maximum absolute atomic E-state index is 12.4. The summed E-state index contributed by atoms with van der Waals surface area (Å²) in [5, 5.41) is 10.0. The van der Waals surface area contributed by atoms with Crippen molar-refractivity contribution in [2.24, 2.45) is 5.92 Å². The molecule has 0 bridgehead atoms. The van der Waals surface area contributed by atoms with E-state index >= 15 is 0 Å². The van der Waals surface area contributed by atoms with Crippen molar-refractivity contribution in [1.82, 2.24) is 4.90 Å². The van der Waals surface area contributed by atoms with E-state index in [0.29, 0.717) is 12.0 Å². The Morgan fingerprint density at radius 3 is 2.59 bits per heavy atom. The van der Waals surface area contributed by atoms with Gasteiger partial charge in [-0.25, -0.2) is 9.69 Å². The lowest BCUT2D eigenvalue weighted by Gasteiger charge is -2.22. The molecule has 0 aromatic heterocycles. The van der Waals surface area contributed by atoms with Crippen molar-refractivity contribution in [3.05, 3.63) is 23.3 Å². The van der Waals surface area contributed by atoms with Gasteiger partial charge in [-0.2, -0.15) is 0 Å². The first-order chi connectivity index (χ1) is 10.3. The molecule has 0 aliphatic carbocycles. The smallest absolute Gasteiger partial charge is 0.417 e. The van der Waals surface area contributed by atoms with Gasteiger partial charge in [-0.3, -0.25) is 4.79 Å². The van der Waals surface area contributed by atoms with Crippen LogP contribution in [0.3, 0.4) is 0 Å². The fourth-order valence-electron chi connectivity index (χ4n) is 2.37. The summed E-state index contributed by atoms with van der Waals surface area (Å²) in [7, 11) is 0. The molecule has 5 heteroatoms. The second-order valence-corrected chi connectivity index (χ2v) is 6.06. The maximum Gasteiger partial charge on any atom is 0.417 e. The summed E-state index contributed by atoms with van der Waals surface area (Å²) in [4.78, 5) is 25.4. The molecular weight excluding hydrogens is 282 g/mol. The van der Waals surface area contributed by atoms with Gasteiger partial charge in [0.25, 0.3) is 5.91 Å². The molecule has 1 aliphatic rings. The van der Waals surface area contributed by atoms with E-state index in [4.69, 9.17) is 4.74 Å². The van der Waals surface area contributed by atoms with Crippen LogP contribution in [0.1, 0.15) is 47.5 Å². The van der Waals surface area contributed by atoms with E-state index in [-0.39, 0.29) is 24.5 Å². The number of hydrogen-bond donors (Lipinski definition) is 1. The number of allylic oxidation sites excluding steroid dienone is 1. The zero-order valence-corrected chi connectivity index (χ0v) is 14.1. The van der Waals surface area contributed by atoms with Crippen LogP contribution in [0.2, 0.25) is 0 Å². The standard InChI is InChI=1S/C17H27NO4/c1-6-7-12(4)15(19)9-8-13(5)16(20)18-14(11(2)3)10-22-17(18)21/h7-8,11,14-15,19H,6,9-10H2,1-5H3/b12-7+,13-8+/t14-,15+/m1/s1. The first kappa shape index (κ1) is 18.4. The molecule has 124 valence electrons. The summed E-state index contributed by atoms with van der Waals surface area (Å²) in [5.41, 5.74) is 1.34. The molecular formula is C17H27NO4. The van der Waals surface area contributed by atoms with E-state index in [1.54, 1.807) is 13.0 Å². The van der Waals surface area contributed by atoms with E-state index in [1.807, 2.05) is 33.8 Å². The van der Waals surface area contributed by atoms with E-state index in [0.717, 1.165) is 12.0 Å². The van der Waals surface area contributed by atoms with Crippen LogP contribution in [-0.2, 0) is 9.53 Å². The number of imide groups is 1. The molecule has 2 atom stereocenters. The molecule has 1 aliphatic heterocycles. The minimum Gasteiger partial charge on any atom is -0.447 e. The summed E-state index contributed by atoms with van der Waals surface area (Å²) < 4.78 is 4.99. The number of aliphatic hydroxyl groups excluding tert-OH is 1. The van der Waals surface area contributed by atoms with Gasteiger partial charge in [0.05, 0.1) is 12.1 Å². The predicted octanol–water partition coefficient (Wildman–Crippen LogP) is 3.04. The molecule has 22 heavy (non-hydrogen) atoms. The molecule has 1 N–H and O–H groups in total. The minimum atomic E-state index is -0.603. The third kappa shape index (κ3) is 4.44. The number of rotatable bonds is 6. The fraction of sp³-hybridized carbons (Fsp3) is 0.647. The van der Waals surface area contributed by atoms with Gasteiger partial charge in [0.15, 0.2) is 0 Å².